The van der Waals surface area contributed by atoms with Crippen molar-refractivity contribution >= 4 is 22.8 Å². The summed E-state index contributed by atoms with van der Waals surface area (Å²) in [5, 5.41) is 11.1. The minimum Gasteiger partial charge on any atom is -0.481 e. The van der Waals surface area contributed by atoms with Gasteiger partial charge in [0.1, 0.15) is 18.4 Å². The Morgan fingerprint density at radius 2 is 1.33 bits per heavy atom. The van der Waals surface area contributed by atoms with Crippen LogP contribution in [0.25, 0.3) is 11.1 Å². The number of benzene rings is 3. The van der Waals surface area contributed by atoms with E-state index in [1.165, 1.54) is 33.8 Å². The highest BCUT2D eigenvalue weighted by molar-refractivity contribution is 6.09. The summed E-state index contributed by atoms with van der Waals surface area (Å²) in [7, 11) is 0. The zero-order chi connectivity index (χ0) is 21.0. The zero-order valence-electron chi connectivity index (χ0n) is 17.0. The third kappa shape index (κ3) is 3.65. The quantitative estimate of drug-likeness (QED) is 0.604. The normalized spacial score (nSPS) is 19.3. The summed E-state index contributed by atoms with van der Waals surface area (Å²) in [5.74, 6) is 0.459. The van der Waals surface area contributed by atoms with Gasteiger partial charge >= 0.3 is 0 Å². The molecular formula is C26H25N2O2+. The number of carbonyl (C=O) groups is 1. The van der Waals surface area contributed by atoms with Crippen LogP contribution in [0.2, 0.25) is 0 Å². The van der Waals surface area contributed by atoms with E-state index in [0.717, 1.165) is 24.5 Å². The molecular weight excluding hydrogens is 372 g/mol. The Bertz CT molecular complexity index is 1090. The van der Waals surface area contributed by atoms with Crippen LogP contribution in [0.15, 0.2) is 103 Å². The number of rotatable bonds is 3. The molecule has 4 heteroatoms. The van der Waals surface area contributed by atoms with Crippen molar-refractivity contribution in [3.8, 4) is 0 Å². The lowest BCUT2D eigenvalue weighted by molar-refractivity contribution is -0.134. The second-order valence-electron chi connectivity index (χ2n) is 7.37. The van der Waals surface area contributed by atoms with Gasteiger partial charge in [-0.2, -0.15) is 0 Å². The predicted octanol–water partition coefficient (Wildman–Crippen LogP) is 5.11. The Morgan fingerprint density at radius 3 is 1.90 bits per heavy atom. The lowest BCUT2D eigenvalue weighted by atomic mass is 9.94. The van der Waals surface area contributed by atoms with Crippen molar-refractivity contribution in [2.75, 3.05) is 13.1 Å². The van der Waals surface area contributed by atoms with E-state index in [9.17, 15) is 0 Å². The molecule has 5 rings (SSSR count). The van der Waals surface area contributed by atoms with Crippen LogP contribution >= 0.6 is 0 Å². The van der Waals surface area contributed by atoms with Gasteiger partial charge in [0.05, 0.1) is 17.7 Å². The summed E-state index contributed by atoms with van der Waals surface area (Å²) in [6.45, 7) is 3.10. The van der Waals surface area contributed by atoms with Crippen molar-refractivity contribution in [3.05, 3.63) is 114 Å². The fourth-order valence-electron chi connectivity index (χ4n) is 4.19. The topological polar surface area (TPSA) is 49.3 Å². The average molecular weight is 397 g/mol. The molecule has 1 atom stereocenters. The lowest BCUT2D eigenvalue weighted by Crippen LogP contribution is -2.38. The Labute approximate surface area is 177 Å². The Hall–Kier alpha value is -3.63. The van der Waals surface area contributed by atoms with Gasteiger partial charge < -0.3 is 10.4 Å². The summed E-state index contributed by atoms with van der Waals surface area (Å²) < 4.78 is 0.773. The number of allylic oxidation sites excluding steroid dienone is 2. The predicted molar refractivity (Wildman–Crippen MR) is 122 cm³/mol. The molecule has 0 amide bonds. The van der Waals surface area contributed by atoms with E-state index in [2.05, 4.69) is 103 Å². The maximum atomic E-state index is 9.00. The molecule has 0 saturated carbocycles. The van der Waals surface area contributed by atoms with Crippen LogP contribution in [0.1, 0.15) is 18.1 Å². The van der Waals surface area contributed by atoms with Gasteiger partial charge in [-0.05, 0) is 23.3 Å². The van der Waals surface area contributed by atoms with Crippen molar-refractivity contribution in [1.29, 1.82) is 0 Å². The maximum Gasteiger partial charge on any atom is 0.300 e. The van der Waals surface area contributed by atoms with Crippen LogP contribution in [-0.4, -0.2) is 24.2 Å². The molecule has 150 valence electrons. The van der Waals surface area contributed by atoms with Crippen LogP contribution in [0, 0.1) is 0 Å². The molecule has 0 aromatic heterocycles. The zero-order valence-corrected chi connectivity index (χ0v) is 17.0. The molecule has 3 aromatic rings. The molecule has 0 bridgehead atoms. The molecule has 30 heavy (non-hydrogen) atoms. The van der Waals surface area contributed by atoms with Gasteiger partial charge in [0, 0.05) is 6.92 Å². The van der Waals surface area contributed by atoms with Crippen molar-refractivity contribution < 1.29 is 9.90 Å². The van der Waals surface area contributed by atoms with Crippen molar-refractivity contribution in [2.24, 2.45) is 0 Å². The smallest absolute Gasteiger partial charge is 0.300 e. The van der Waals surface area contributed by atoms with Gasteiger partial charge in [-0.1, -0.05) is 78.9 Å². The third-order valence-electron chi connectivity index (χ3n) is 5.38. The van der Waals surface area contributed by atoms with E-state index in [-0.39, 0.29) is 0 Å². The first kappa shape index (κ1) is 19.7. The number of nitrogens with one attached hydrogen (secondary N) is 1. The molecule has 1 fully saturated rings. The van der Waals surface area contributed by atoms with E-state index in [1.807, 2.05) is 0 Å². The van der Waals surface area contributed by atoms with Gasteiger partial charge in [-0.3, -0.25) is 4.79 Å². The van der Waals surface area contributed by atoms with E-state index >= 15 is 0 Å². The molecule has 2 aliphatic rings. The first-order valence-corrected chi connectivity index (χ1v) is 10.1. The highest BCUT2D eigenvalue weighted by atomic mass is 16.4. The van der Waals surface area contributed by atoms with E-state index in [4.69, 9.17) is 9.90 Å². The number of nitrogens with zero attached hydrogens (tertiary/aromatic N) is 1. The summed E-state index contributed by atoms with van der Waals surface area (Å²) >= 11 is 0. The van der Waals surface area contributed by atoms with E-state index in [1.54, 1.807) is 0 Å². The SMILES string of the molecule is C1=C(c2ccccc2)C(c2ccccc2)=C2NCC[N+]12c1ccccc1.CC(=O)O. The van der Waals surface area contributed by atoms with Crippen LogP contribution < -0.4 is 9.80 Å². The number of carboxylic acids is 1. The molecule has 0 spiro atoms. The number of fused-ring (bicyclic) bond motifs is 1. The summed E-state index contributed by atoms with van der Waals surface area (Å²) in [4.78, 5) is 9.00. The van der Waals surface area contributed by atoms with Gasteiger partial charge in [0.15, 0.2) is 0 Å². The minimum atomic E-state index is -0.833. The molecule has 4 nitrogen and oxygen atoms in total. The number of aliphatic carboxylic acids is 1. The Morgan fingerprint density at radius 1 is 0.833 bits per heavy atom. The van der Waals surface area contributed by atoms with Gasteiger partial charge in [0.2, 0.25) is 5.82 Å². The molecule has 2 aliphatic heterocycles. The number of quaternary nitrogens is 1. The third-order valence-corrected chi connectivity index (χ3v) is 5.38. The van der Waals surface area contributed by atoms with Gasteiger partial charge in [0.25, 0.3) is 5.97 Å². The average Bonchev–Trinajstić information content (AvgIpc) is 3.33. The Balaban J connectivity index is 0.000000503. The minimum absolute atomic E-state index is 0.773. The first-order valence-electron chi connectivity index (χ1n) is 10.1. The van der Waals surface area contributed by atoms with E-state index < -0.39 is 5.97 Å². The number of hydrogen-bond donors (Lipinski definition) is 2. The van der Waals surface area contributed by atoms with Gasteiger partial charge in [-0.25, -0.2) is 4.48 Å². The highest BCUT2D eigenvalue weighted by Crippen LogP contribution is 2.47. The van der Waals surface area contributed by atoms with Crippen LogP contribution in [0.4, 0.5) is 5.69 Å². The molecule has 2 N–H and O–H groups in total. The number of para-hydroxylation sites is 1. The van der Waals surface area contributed by atoms with Crippen LogP contribution in [-0.2, 0) is 4.79 Å². The molecule has 0 radical (unpaired) electrons. The van der Waals surface area contributed by atoms with Crippen LogP contribution in [0.3, 0.4) is 0 Å². The summed E-state index contributed by atoms with van der Waals surface area (Å²) in [6, 6.07) is 32.3. The number of hydrogen-bond acceptors (Lipinski definition) is 2. The molecule has 3 aromatic carbocycles. The van der Waals surface area contributed by atoms with E-state index in [0.29, 0.717) is 0 Å². The molecule has 0 aliphatic carbocycles. The maximum absolute atomic E-state index is 9.00. The summed E-state index contributed by atoms with van der Waals surface area (Å²) in [6.07, 6.45) is 2.43. The first-order chi connectivity index (χ1) is 14.6. The van der Waals surface area contributed by atoms with Crippen molar-refractivity contribution in [3.63, 3.8) is 0 Å². The van der Waals surface area contributed by atoms with Crippen molar-refractivity contribution in [1.82, 2.24) is 9.80 Å². The number of carboxylic acid groups (broad SMARTS) is 1. The van der Waals surface area contributed by atoms with Crippen molar-refractivity contribution in [2.45, 2.75) is 6.92 Å². The Kier molecular flexibility index (Phi) is 5.50. The van der Waals surface area contributed by atoms with Gasteiger partial charge in [-0.15, -0.1) is 0 Å². The summed E-state index contributed by atoms with van der Waals surface area (Å²) in [5.41, 5.74) is 6.47. The highest BCUT2D eigenvalue weighted by Gasteiger charge is 2.47. The second-order valence-corrected chi connectivity index (χ2v) is 7.37. The molecule has 1 unspecified atom stereocenters. The monoisotopic (exact) mass is 397 g/mol. The second kappa shape index (κ2) is 8.39. The lowest BCUT2D eigenvalue weighted by Gasteiger charge is -2.26. The van der Waals surface area contributed by atoms with Crippen LogP contribution in [0.5, 0.6) is 0 Å². The fraction of sp³-hybridized carbons (Fsp3) is 0.115. The largest absolute Gasteiger partial charge is 0.481 e. The fourth-order valence-corrected chi connectivity index (χ4v) is 4.19. The standard InChI is InChI=1S/C24H21N2.C2H4O2/c1-4-10-19(11-5-1)22-18-26(21-14-8-3-9-15-21)17-16-25-24(26)23(22)20-12-6-2-7-13-20;1-2(3)4/h1-15,18,25H,16-17H2;1H3,(H,3,4)/q+1;. The molecule has 1 saturated heterocycles. The molecule has 2 heterocycles.